The number of amides is 1. The summed E-state index contributed by atoms with van der Waals surface area (Å²) < 4.78 is 6.76. The smallest absolute Gasteiger partial charge is 0.275 e. The highest BCUT2D eigenvalue weighted by atomic mass is 79.9. The minimum absolute atomic E-state index is 0.106. The number of rotatable bonds is 6. The van der Waals surface area contributed by atoms with Crippen LogP contribution in [0.25, 0.3) is 10.8 Å². The van der Waals surface area contributed by atoms with Crippen molar-refractivity contribution in [3.63, 3.8) is 0 Å². The molecule has 0 unspecified atom stereocenters. The Kier molecular flexibility index (Phi) is 6.73. The van der Waals surface area contributed by atoms with E-state index in [1.807, 2.05) is 66.7 Å². The van der Waals surface area contributed by atoms with Crippen molar-refractivity contribution in [1.82, 2.24) is 5.43 Å². The van der Waals surface area contributed by atoms with Gasteiger partial charge in [0.05, 0.1) is 11.8 Å². The Balaban J connectivity index is 1.48. The first-order valence-electron chi connectivity index (χ1n) is 9.71. The molecule has 0 aliphatic heterocycles. The summed E-state index contributed by atoms with van der Waals surface area (Å²) >= 11 is 9.36. The summed E-state index contributed by atoms with van der Waals surface area (Å²) in [5.74, 6) is -0.0105. The van der Waals surface area contributed by atoms with E-state index in [4.69, 9.17) is 16.3 Å². The first-order valence-corrected chi connectivity index (χ1v) is 10.9. The molecule has 5 nitrogen and oxygen atoms in total. The van der Waals surface area contributed by atoms with Crippen LogP contribution >= 0.6 is 27.5 Å². The van der Waals surface area contributed by atoms with Gasteiger partial charge in [-0.2, -0.15) is 5.10 Å². The van der Waals surface area contributed by atoms with E-state index in [2.05, 4.69) is 26.5 Å². The van der Waals surface area contributed by atoms with Crippen molar-refractivity contribution in [2.75, 3.05) is 0 Å². The molecule has 0 saturated carbocycles. The molecule has 0 saturated heterocycles. The maximum atomic E-state index is 12.6. The van der Waals surface area contributed by atoms with E-state index in [0.29, 0.717) is 22.9 Å². The van der Waals surface area contributed by atoms with Crippen molar-refractivity contribution in [2.24, 2.45) is 5.10 Å². The molecule has 0 heterocycles. The van der Waals surface area contributed by atoms with Crippen LogP contribution in [0.15, 0.2) is 88.4 Å². The zero-order valence-corrected chi connectivity index (χ0v) is 19.1. The van der Waals surface area contributed by atoms with Crippen LogP contribution in [0.4, 0.5) is 0 Å². The Bertz CT molecular complexity index is 1310. The molecule has 0 aromatic heterocycles. The van der Waals surface area contributed by atoms with Crippen LogP contribution in [0.1, 0.15) is 21.5 Å². The highest BCUT2D eigenvalue weighted by molar-refractivity contribution is 9.10. The lowest BCUT2D eigenvalue weighted by atomic mass is 10.1. The topological polar surface area (TPSA) is 70.9 Å². The number of nitrogens with zero attached hydrogens (tertiary/aromatic N) is 1. The molecule has 0 bridgehead atoms. The number of hydrazone groups is 1. The van der Waals surface area contributed by atoms with Gasteiger partial charge in [0.1, 0.15) is 18.1 Å². The van der Waals surface area contributed by atoms with E-state index in [1.165, 1.54) is 6.21 Å². The fraction of sp³-hybridized carbons (Fsp3) is 0.0400. The van der Waals surface area contributed by atoms with Gasteiger partial charge in [0, 0.05) is 15.1 Å². The average molecular weight is 510 g/mol. The molecule has 32 heavy (non-hydrogen) atoms. The molecule has 1 amide bonds. The summed E-state index contributed by atoms with van der Waals surface area (Å²) in [4.78, 5) is 12.6. The van der Waals surface area contributed by atoms with Crippen molar-refractivity contribution < 1.29 is 14.6 Å². The Morgan fingerprint density at radius 1 is 1.03 bits per heavy atom. The maximum absolute atomic E-state index is 12.6. The minimum atomic E-state index is -0.511. The Morgan fingerprint density at radius 3 is 2.50 bits per heavy atom. The predicted molar refractivity (Wildman–Crippen MR) is 131 cm³/mol. The van der Waals surface area contributed by atoms with Crippen LogP contribution < -0.4 is 10.2 Å². The van der Waals surface area contributed by atoms with E-state index in [1.54, 1.807) is 12.1 Å². The summed E-state index contributed by atoms with van der Waals surface area (Å²) in [5.41, 5.74) is 4.26. The minimum Gasteiger partial charge on any atom is -0.507 e. The number of phenols is 1. The summed E-state index contributed by atoms with van der Waals surface area (Å²) in [5, 5.41) is 16.6. The zero-order valence-electron chi connectivity index (χ0n) is 16.8. The van der Waals surface area contributed by atoms with E-state index in [9.17, 15) is 9.90 Å². The van der Waals surface area contributed by atoms with Gasteiger partial charge in [-0.15, -0.1) is 0 Å². The number of nitrogens with one attached hydrogen (secondary N) is 1. The quantitative estimate of drug-likeness (QED) is 0.236. The SMILES string of the molecule is O=C(NN=Cc1cc(Br)ccc1OCc1ccc(Cl)cc1)c1cc2ccccc2cc1O. The largest absolute Gasteiger partial charge is 0.507 e. The second-order valence-electron chi connectivity index (χ2n) is 7.01. The number of benzene rings is 4. The summed E-state index contributed by atoms with van der Waals surface area (Å²) in [6, 6.07) is 23.6. The average Bonchev–Trinajstić information content (AvgIpc) is 2.79. The van der Waals surface area contributed by atoms with Crippen LogP contribution in [-0.2, 0) is 6.61 Å². The van der Waals surface area contributed by atoms with Gasteiger partial charge in [0.15, 0.2) is 0 Å². The molecule has 0 atom stereocenters. The Labute approximate surface area is 198 Å². The molecule has 4 rings (SSSR count). The zero-order chi connectivity index (χ0) is 22.5. The van der Waals surface area contributed by atoms with Gasteiger partial charge in [-0.3, -0.25) is 4.79 Å². The van der Waals surface area contributed by atoms with Crippen molar-refractivity contribution in [3.05, 3.63) is 105 Å². The number of ether oxygens (including phenoxy) is 1. The van der Waals surface area contributed by atoms with Gasteiger partial charge in [-0.05, 0) is 58.8 Å². The molecule has 160 valence electrons. The van der Waals surface area contributed by atoms with Crippen molar-refractivity contribution >= 4 is 50.4 Å². The number of carbonyl (C=O) groups excluding carboxylic acids is 1. The van der Waals surface area contributed by atoms with E-state index in [-0.39, 0.29) is 11.3 Å². The van der Waals surface area contributed by atoms with Crippen LogP contribution in [0, 0.1) is 0 Å². The van der Waals surface area contributed by atoms with Crippen molar-refractivity contribution in [1.29, 1.82) is 0 Å². The van der Waals surface area contributed by atoms with Gasteiger partial charge in [0.25, 0.3) is 5.91 Å². The van der Waals surface area contributed by atoms with Crippen molar-refractivity contribution in [2.45, 2.75) is 6.61 Å². The third-order valence-corrected chi connectivity index (χ3v) is 5.50. The molecular weight excluding hydrogens is 492 g/mol. The van der Waals surface area contributed by atoms with Crippen LogP contribution in [0.5, 0.6) is 11.5 Å². The number of carbonyl (C=O) groups is 1. The molecule has 0 fully saturated rings. The van der Waals surface area contributed by atoms with Crippen LogP contribution in [-0.4, -0.2) is 17.2 Å². The van der Waals surface area contributed by atoms with Gasteiger partial charge in [-0.25, -0.2) is 5.43 Å². The monoisotopic (exact) mass is 508 g/mol. The molecule has 7 heteroatoms. The lowest BCUT2D eigenvalue weighted by Gasteiger charge is -2.10. The highest BCUT2D eigenvalue weighted by Gasteiger charge is 2.12. The fourth-order valence-corrected chi connectivity index (χ4v) is 3.63. The van der Waals surface area contributed by atoms with E-state index in [0.717, 1.165) is 20.8 Å². The van der Waals surface area contributed by atoms with Gasteiger partial charge in [-0.1, -0.05) is 63.9 Å². The number of hydrogen-bond donors (Lipinski definition) is 2. The first kappa shape index (κ1) is 21.9. The summed E-state index contributed by atoms with van der Waals surface area (Å²) in [7, 11) is 0. The molecule has 4 aromatic rings. The third kappa shape index (κ3) is 5.28. The number of halogens is 2. The summed E-state index contributed by atoms with van der Waals surface area (Å²) in [6.45, 7) is 0.358. The number of phenolic OH excluding ortho intramolecular Hbond substituents is 1. The van der Waals surface area contributed by atoms with Gasteiger partial charge < -0.3 is 9.84 Å². The predicted octanol–water partition coefficient (Wildman–Crippen LogP) is 6.30. The maximum Gasteiger partial charge on any atom is 0.275 e. The standard InChI is InChI=1S/C25H18BrClN2O3/c26-20-7-10-24(32-15-16-5-8-21(27)9-6-16)19(11-20)14-28-29-25(31)22-12-17-3-1-2-4-18(17)13-23(22)30/h1-14,30H,15H2,(H,29,31). The summed E-state index contributed by atoms with van der Waals surface area (Å²) in [6.07, 6.45) is 1.50. The van der Waals surface area contributed by atoms with E-state index >= 15 is 0 Å². The molecule has 0 radical (unpaired) electrons. The van der Waals surface area contributed by atoms with Crippen LogP contribution in [0.2, 0.25) is 5.02 Å². The lowest BCUT2D eigenvalue weighted by Crippen LogP contribution is -2.17. The molecular formula is C25H18BrClN2O3. The van der Waals surface area contributed by atoms with Crippen LogP contribution in [0.3, 0.4) is 0 Å². The first-order chi connectivity index (χ1) is 15.5. The molecule has 2 N–H and O–H groups in total. The van der Waals surface area contributed by atoms with Crippen molar-refractivity contribution in [3.8, 4) is 11.5 Å². The molecule has 0 aliphatic carbocycles. The van der Waals surface area contributed by atoms with E-state index < -0.39 is 5.91 Å². The fourth-order valence-electron chi connectivity index (χ4n) is 3.12. The number of aromatic hydroxyl groups is 1. The second kappa shape index (κ2) is 9.85. The molecule has 0 spiro atoms. The second-order valence-corrected chi connectivity index (χ2v) is 8.37. The molecule has 4 aromatic carbocycles. The number of fused-ring (bicyclic) bond motifs is 1. The molecule has 0 aliphatic rings. The number of hydrogen-bond acceptors (Lipinski definition) is 4. The Hall–Kier alpha value is -3.35. The third-order valence-electron chi connectivity index (χ3n) is 4.76. The highest BCUT2D eigenvalue weighted by Crippen LogP contribution is 2.25. The van der Waals surface area contributed by atoms with Gasteiger partial charge >= 0.3 is 0 Å². The lowest BCUT2D eigenvalue weighted by molar-refractivity contribution is 0.0952. The van der Waals surface area contributed by atoms with Gasteiger partial charge in [0.2, 0.25) is 0 Å². The Morgan fingerprint density at radius 2 is 1.75 bits per heavy atom. The normalized spacial score (nSPS) is 11.1.